The molecule has 5 unspecified atom stereocenters. The summed E-state index contributed by atoms with van der Waals surface area (Å²) >= 11 is 0. The number of amides is 1. The fraction of sp³-hybridized carbons (Fsp3) is 0.957. The first-order valence-electron chi connectivity index (χ1n) is 12.6. The molecule has 0 aromatic rings. The first-order chi connectivity index (χ1) is 15.4. The van der Waals surface area contributed by atoms with Crippen LogP contribution in [-0.4, -0.2) is 78.9 Å². The van der Waals surface area contributed by atoms with Gasteiger partial charge in [0.25, 0.3) is 0 Å². The van der Waals surface area contributed by atoms with Gasteiger partial charge in [-0.05, 0) is 71.1 Å². The number of hydrogen-bond acceptors (Lipinski definition) is 8. The average molecular weight is 452 g/mol. The second-order valence-electron chi connectivity index (χ2n) is 11.3. The maximum atomic E-state index is 12.3. The Morgan fingerprint density at radius 2 is 1.81 bits per heavy atom. The molecule has 1 aliphatic carbocycles. The summed E-state index contributed by atoms with van der Waals surface area (Å²) in [6.45, 7) is 10.1. The van der Waals surface area contributed by atoms with Gasteiger partial charge >= 0.3 is 6.09 Å². The van der Waals surface area contributed by atoms with Gasteiger partial charge in [-0.3, -0.25) is 15.6 Å². The third kappa shape index (κ3) is 4.93. The summed E-state index contributed by atoms with van der Waals surface area (Å²) in [5.74, 6) is 1.71. The van der Waals surface area contributed by atoms with Crippen molar-refractivity contribution in [1.29, 1.82) is 0 Å². The summed E-state index contributed by atoms with van der Waals surface area (Å²) in [4.78, 5) is 20.3. The van der Waals surface area contributed by atoms with E-state index in [9.17, 15) is 4.79 Å². The number of nitrogens with zero attached hydrogens (tertiary/aromatic N) is 2. The molecule has 5 aliphatic rings. The molecule has 1 amide bonds. The number of piperidine rings is 1. The second kappa shape index (κ2) is 9.35. The Bertz CT molecular complexity index is 659. The minimum Gasteiger partial charge on any atom is -0.444 e. The molecule has 1 saturated carbocycles. The molecule has 182 valence electrons. The summed E-state index contributed by atoms with van der Waals surface area (Å²) in [5.41, 5.74) is 6.51. The minimum absolute atomic E-state index is 0.0621. The Morgan fingerprint density at radius 1 is 1.03 bits per heavy atom. The summed E-state index contributed by atoms with van der Waals surface area (Å²) in [5, 5.41) is 6.26. The standard InChI is InChI=1S/C23H41N5O4/c1-23(2,3)31-22(29)27-9-6-15(7-10-27)20-25-21(32-26-20)16-4-5-17-13-24-28(19(17)12-16)18-8-11-30-14-18/h15-21,24-26H,4-14H2,1-3H3/t16?,17?,18-,19?,20?,21?/m0/s1. The summed E-state index contributed by atoms with van der Waals surface area (Å²) in [6.07, 6.45) is 6.68. The molecular formula is C23H41N5O4. The molecule has 9 heteroatoms. The highest BCUT2D eigenvalue weighted by atomic mass is 16.7. The molecule has 4 aliphatic heterocycles. The quantitative estimate of drug-likeness (QED) is 0.599. The molecule has 0 bridgehead atoms. The maximum absolute atomic E-state index is 12.3. The molecule has 6 atom stereocenters. The Hall–Kier alpha value is -0.970. The molecule has 5 fully saturated rings. The van der Waals surface area contributed by atoms with Crippen molar-refractivity contribution in [1.82, 2.24) is 26.1 Å². The van der Waals surface area contributed by atoms with Crippen LogP contribution >= 0.6 is 0 Å². The zero-order valence-corrected chi connectivity index (χ0v) is 19.8. The van der Waals surface area contributed by atoms with E-state index in [0.717, 1.165) is 64.4 Å². The smallest absolute Gasteiger partial charge is 0.410 e. The average Bonchev–Trinajstić information content (AvgIpc) is 3.52. The van der Waals surface area contributed by atoms with Gasteiger partial charge in [-0.15, -0.1) is 0 Å². The number of ether oxygens (including phenoxy) is 2. The molecule has 0 aromatic heterocycles. The fourth-order valence-corrected chi connectivity index (χ4v) is 6.17. The minimum atomic E-state index is -0.447. The van der Waals surface area contributed by atoms with E-state index in [-0.39, 0.29) is 18.5 Å². The van der Waals surface area contributed by atoms with E-state index in [4.69, 9.17) is 14.3 Å². The normalized spacial score (nSPS) is 39.4. The van der Waals surface area contributed by atoms with E-state index >= 15 is 0 Å². The number of nitrogens with one attached hydrogen (secondary N) is 3. The van der Waals surface area contributed by atoms with E-state index in [1.807, 2.05) is 25.7 Å². The van der Waals surface area contributed by atoms with Crippen LogP contribution in [-0.2, 0) is 14.3 Å². The SMILES string of the molecule is CC(C)(C)OC(=O)N1CCC(C2NOC(C3CCC4CNN([C@H]5CCOC5)C4C3)N2)CC1. The summed E-state index contributed by atoms with van der Waals surface area (Å²) in [7, 11) is 0. The molecular weight excluding hydrogens is 410 g/mol. The monoisotopic (exact) mass is 451 g/mol. The first-order valence-corrected chi connectivity index (χ1v) is 12.6. The number of rotatable bonds is 3. The van der Waals surface area contributed by atoms with Crippen LogP contribution in [0, 0.1) is 17.8 Å². The number of likely N-dealkylation sites (tertiary alicyclic amines) is 1. The zero-order chi connectivity index (χ0) is 22.3. The maximum Gasteiger partial charge on any atom is 0.410 e. The highest BCUT2D eigenvalue weighted by molar-refractivity contribution is 5.68. The summed E-state index contributed by atoms with van der Waals surface area (Å²) in [6, 6.07) is 1.10. The molecule has 4 heterocycles. The molecule has 32 heavy (non-hydrogen) atoms. The van der Waals surface area contributed by atoms with Crippen molar-refractivity contribution in [3.63, 3.8) is 0 Å². The van der Waals surface area contributed by atoms with Gasteiger partial charge in [0.2, 0.25) is 0 Å². The van der Waals surface area contributed by atoms with E-state index in [1.54, 1.807) is 0 Å². The zero-order valence-electron chi connectivity index (χ0n) is 19.8. The number of hydrogen-bond donors (Lipinski definition) is 3. The van der Waals surface area contributed by atoms with Gasteiger partial charge in [-0.1, -0.05) is 0 Å². The lowest BCUT2D eigenvalue weighted by Crippen LogP contribution is -2.51. The third-order valence-electron chi connectivity index (χ3n) is 7.95. The Morgan fingerprint density at radius 3 is 2.53 bits per heavy atom. The lowest BCUT2D eigenvalue weighted by Gasteiger charge is -2.39. The van der Waals surface area contributed by atoms with Crippen LogP contribution in [0.5, 0.6) is 0 Å². The van der Waals surface area contributed by atoms with Gasteiger partial charge in [0.05, 0.1) is 18.8 Å². The topological polar surface area (TPSA) is 87.3 Å². The van der Waals surface area contributed by atoms with Crippen molar-refractivity contribution in [3.8, 4) is 0 Å². The van der Waals surface area contributed by atoms with Gasteiger partial charge < -0.3 is 14.4 Å². The number of fused-ring (bicyclic) bond motifs is 1. The van der Waals surface area contributed by atoms with Crippen molar-refractivity contribution in [2.45, 2.75) is 89.4 Å². The van der Waals surface area contributed by atoms with Crippen molar-refractivity contribution in [3.05, 3.63) is 0 Å². The van der Waals surface area contributed by atoms with E-state index in [2.05, 4.69) is 21.2 Å². The fourth-order valence-electron chi connectivity index (χ4n) is 6.17. The van der Waals surface area contributed by atoms with Gasteiger partial charge in [0, 0.05) is 38.2 Å². The number of carbonyl (C=O) groups excluding carboxylic acids is 1. The Balaban J connectivity index is 1.10. The van der Waals surface area contributed by atoms with Crippen LogP contribution in [0.4, 0.5) is 4.79 Å². The Labute approximate surface area is 191 Å². The van der Waals surface area contributed by atoms with Crippen LogP contribution in [0.15, 0.2) is 0 Å². The predicted octanol–water partition coefficient (Wildman–Crippen LogP) is 1.80. The molecule has 4 saturated heterocycles. The molecule has 0 aromatic carbocycles. The van der Waals surface area contributed by atoms with E-state index < -0.39 is 5.60 Å². The van der Waals surface area contributed by atoms with Gasteiger partial charge in [-0.25, -0.2) is 9.80 Å². The molecule has 3 N–H and O–H groups in total. The lowest BCUT2D eigenvalue weighted by molar-refractivity contribution is -0.0398. The van der Waals surface area contributed by atoms with Crippen LogP contribution in [0.1, 0.15) is 59.3 Å². The molecule has 0 spiro atoms. The highest BCUT2D eigenvalue weighted by Gasteiger charge is 2.46. The van der Waals surface area contributed by atoms with Crippen LogP contribution in [0.2, 0.25) is 0 Å². The largest absolute Gasteiger partial charge is 0.444 e. The third-order valence-corrected chi connectivity index (χ3v) is 7.95. The van der Waals surface area contributed by atoms with Crippen LogP contribution < -0.4 is 16.2 Å². The lowest BCUT2D eigenvalue weighted by atomic mass is 9.77. The second-order valence-corrected chi connectivity index (χ2v) is 11.3. The highest BCUT2D eigenvalue weighted by Crippen LogP contribution is 2.39. The van der Waals surface area contributed by atoms with Crippen molar-refractivity contribution in [2.24, 2.45) is 17.8 Å². The van der Waals surface area contributed by atoms with E-state index in [1.165, 1.54) is 12.8 Å². The Kier molecular flexibility index (Phi) is 6.66. The summed E-state index contributed by atoms with van der Waals surface area (Å²) < 4.78 is 11.2. The van der Waals surface area contributed by atoms with E-state index in [0.29, 0.717) is 23.9 Å². The van der Waals surface area contributed by atoms with Crippen molar-refractivity contribution < 1.29 is 19.1 Å². The first kappa shape index (κ1) is 22.8. The molecule has 0 radical (unpaired) electrons. The molecule has 9 nitrogen and oxygen atoms in total. The molecule has 5 rings (SSSR count). The van der Waals surface area contributed by atoms with Crippen LogP contribution in [0.25, 0.3) is 0 Å². The van der Waals surface area contributed by atoms with Crippen molar-refractivity contribution in [2.75, 3.05) is 32.8 Å². The number of carbonyl (C=O) groups is 1. The van der Waals surface area contributed by atoms with Gasteiger partial charge in [0.15, 0.2) is 0 Å². The predicted molar refractivity (Wildman–Crippen MR) is 119 cm³/mol. The van der Waals surface area contributed by atoms with Crippen LogP contribution in [0.3, 0.4) is 0 Å². The number of hydrazine groups is 1. The van der Waals surface area contributed by atoms with Gasteiger partial charge in [-0.2, -0.15) is 5.48 Å². The van der Waals surface area contributed by atoms with Gasteiger partial charge in [0.1, 0.15) is 11.8 Å². The number of hydroxylamine groups is 1. The van der Waals surface area contributed by atoms with Crippen molar-refractivity contribution >= 4 is 6.09 Å².